The first-order valence-electron chi connectivity index (χ1n) is 5.91. The Hall–Kier alpha value is -1.46. The van der Waals surface area contributed by atoms with Crippen molar-refractivity contribution in [3.63, 3.8) is 0 Å². The van der Waals surface area contributed by atoms with Gasteiger partial charge in [-0.15, -0.1) is 0 Å². The summed E-state index contributed by atoms with van der Waals surface area (Å²) in [5.74, 6) is -1.44. The molecule has 0 fully saturated rings. The zero-order valence-corrected chi connectivity index (χ0v) is 12.5. The van der Waals surface area contributed by atoms with Crippen LogP contribution in [0.3, 0.4) is 0 Å². The Balaban J connectivity index is 2.54. The number of carboxylic acid groups (broad SMARTS) is 1. The van der Waals surface area contributed by atoms with Crippen LogP contribution in [0.4, 0.5) is 0 Å². The maximum Gasteiger partial charge on any atom is 0.326 e. The van der Waals surface area contributed by atoms with Gasteiger partial charge in [-0.2, -0.15) is 0 Å². The fourth-order valence-corrected chi connectivity index (χ4v) is 1.73. The van der Waals surface area contributed by atoms with E-state index < -0.39 is 17.9 Å². The molecule has 1 unspecified atom stereocenters. The summed E-state index contributed by atoms with van der Waals surface area (Å²) in [7, 11) is 0. The minimum Gasteiger partial charge on any atom is -0.484 e. The van der Waals surface area contributed by atoms with Crippen LogP contribution < -0.4 is 10.1 Å². The number of nitrogens with one attached hydrogen (secondary N) is 1. The number of carboxylic acids is 1. The summed E-state index contributed by atoms with van der Waals surface area (Å²) in [6.45, 7) is 3.12. The van der Waals surface area contributed by atoms with E-state index in [2.05, 4.69) is 5.32 Å². The van der Waals surface area contributed by atoms with E-state index in [9.17, 15) is 9.59 Å². The lowest BCUT2D eigenvalue weighted by Gasteiger charge is -2.18. The van der Waals surface area contributed by atoms with Crippen LogP contribution in [0.25, 0.3) is 0 Å². The fraction of sp³-hybridized carbons (Fsp3) is 0.385. The number of amides is 1. The monoisotopic (exact) mass is 319 g/mol. The van der Waals surface area contributed by atoms with Crippen LogP contribution in [0.1, 0.15) is 13.8 Å². The molecule has 1 amide bonds. The third-order valence-corrected chi connectivity index (χ3v) is 3.25. The predicted octanol–water partition coefficient (Wildman–Crippen LogP) is 2.60. The van der Waals surface area contributed by atoms with Gasteiger partial charge in [-0.3, -0.25) is 4.79 Å². The van der Waals surface area contributed by atoms with E-state index in [1.165, 1.54) is 6.07 Å². The average Bonchev–Trinajstić information content (AvgIpc) is 2.36. The minimum atomic E-state index is -1.08. The molecule has 0 aliphatic rings. The van der Waals surface area contributed by atoms with Gasteiger partial charge in [0.25, 0.3) is 5.91 Å². The molecule has 5 nitrogen and oxygen atoms in total. The molecule has 0 radical (unpaired) electrons. The zero-order valence-electron chi connectivity index (χ0n) is 11.0. The van der Waals surface area contributed by atoms with Crippen molar-refractivity contribution < 1.29 is 19.4 Å². The molecule has 2 N–H and O–H groups in total. The molecule has 0 spiro atoms. The van der Waals surface area contributed by atoms with Crippen molar-refractivity contribution in [2.24, 2.45) is 5.92 Å². The topological polar surface area (TPSA) is 75.6 Å². The molecule has 0 heterocycles. The molecule has 1 aromatic carbocycles. The van der Waals surface area contributed by atoms with Crippen LogP contribution in [0.2, 0.25) is 10.0 Å². The normalized spacial score (nSPS) is 12.1. The standard InChI is InChI=1S/C13H15Cl2NO4/c1-7(2)12(13(18)19)16-11(17)6-20-8-3-4-9(14)10(15)5-8/h3-5,7,12H,6H2,1-2H3,(H,16,17)(H,18,19). The molecule has 0 saturated carbocycles. The SMILES string of the molecule is CC(C)C(NC(=O)COc1ccc(Cl)c(Cl)c1)C(=O)O. The predicted molar refractivity (Wildman–Crippen MR) is 76.4 cm³/mol. The van der Waals surface area contributed by atoms with Crippen molar-refractivity contribution in [3.8, 4) is 5.75 Å². The van der Waals surface area contributed by atoms with Crippen LogP contribution in [0, 0.1) is 5.92 Å². The number of aliphatic carboxylic acids is 1. The minimum absolute atomic E-state index is 0.221. The average molecular weight is 320 g/mol. The van der Waals surface area contributed by atoms with Crippen LogP contribution in [-0.2, 0) is 9.59 Å². The molecule has 0 saturated heterocycles. The molecule has 1 rings (SSSR count). The molecule has 110 valence electrons. The largest absolute Gasteiger partial charge is 0.484 e. The highest BCUT2D eigenvalue weighted by Crippen LogP contribution is 2.26. The fourth-order valence-electron chi connectivity index (χ4n) is 1.44. The summed E-state index contributed by atoms with van der Waals surface area (Å²) in [6, 6.07) is 3.65. The highest BCUT2D eigenvalue weighted by Gasteiger charge is 2.23. The second-order valence-corrected chi connectivity index (χ2v) is 5.31. The van der Waals surface area contributed by atoms with E-state index in [1.807, 2.05) is 0 Å². The van der Waals surface area contributed by atoms with Crippen molar-refractivity contribution in [2.75, 3.05) is 6.61 Å². The number of benzene rings is 1. The quantitative estimate of drug-likeness (QED) is 0.845. The number of carbonyl (C=O) groups is 2. The van der Waals surface area contributed by atoms with E-state index in [0.29, 0.717) is 15.8 Å². The van der Waals surface area contributed by atoms with Gasteiger partial charge in [-0.1, -0.05) is 37.0 Å². The summed E-state index contributed by atoms with van der Waals surface area (Å²) >= 11 is 11.6. The maximum atomic E-state index is 11.6. The van der Waals surface area contributed by atoms with Crippen LogP contribution >= 0.6 is 23.2 Å². The van der Waals surface area contributed by atoms with Gasteiger partial charge in [-0.25, -0.2) is 4.79 Å². The number of rotatable bonds is 6. The van der Waals surface area contributed by atoms with Crippen LogP contribution in [0.15, 0.2) is 18.2 Å². The third kappa shape index (κ3) is 4.90. The van der Waals surface area contributed by atoms with Crippen LogP contribution in [-0.4, -0.2) is 29.6 Å². The lowest BCUT2D eigenvalue weighted by molar-refractivity contribution is -0.143. The van der Waals surface area contributed by atoms with E-state index in [-0.39, 0.29) is 12.5 Å². The highest BCUT2D eigenvalue weighted by atomic mass is 35.5. The molecule has 20 heavy (non-hydrogen) atoms. The first-order chi connectivity index (χ1) is 9.31. The first kappa shape index (κ1) is 16.6. The zero-order chi connectivity index (χ0) is 15.3. The van der Waals surface area contributed by atoms with Gasteiger partial charge in [0, 0.05) is 6.07 Å². The van der Waals surface area contributed by atoms with Crippen molar-refractivity contribution in [1.82, 2.24) is 5.32 Å². The molecular weight excluding hydrogens is 305 g/mol. The summed E-state index contributed by atoms with van der Waals surface area (Å²) < 4.78 is 5.22. The number of ether oxygens (including phenoxy) is 1. The molecule has 0 bridgehead atoms. The summed E-state index contributed by atoms with van der Waals surface area (Å²) in [5.41, 5.74) is 0. The molecule has 0 aromatic heterocycles. The van der Waals surface area contributed by atoms with E-state index in [4.69, 9.17) is 33.0 Å². The Kier molecular flexibility index (Phi) is 6.10. The Bertz CT molecular complexity index is 505. The summed E-state index contributed by atoms with van der Waals surface area (Å²) in [6.07, 6.45) is 0. The van der Waals surface area contributed by atoms with Crippen molar-refractivity contribution in [2.45, 2.75) is 19.9 Å². The highest BCUT2D eigenvalue weighted by molar-refractivity contribution is 6.42. The van der Waals surface area contributed by atoms with Gasteiger partial charge in [0.05, 0.1) is 10.0 Å². The van der Waals surface area contributed by atoms with Gasteiger partial charge in [0.15, 0.2) is 6.61 Å². The van der Waals surface area contributed by atoms with E-state index in [1.54, 1.807) is 26.0 Å². The Labute approximate surface area is 126 Å². The van der Waals surface area contributed by atoms with Gasteiger partial charge >= 0.3 is 5.97 Å². The Morgan fingerprint density at radius 2 is 1.95 bits per heavy atom. The Morgan fingerprint density at radius 1 is 1.30 bits per heavy atom. The van der Waals surface area contributed by atoms with Crippen molar-refractivity contribution >= 4 is 35.1 Å². The summed E-state index contributed by atoms with van der Waals surface area (Å²) in [4.78, 5) is 22.6. The molecule has 7 heteroatoms. The van der Waals surface area contributed by atoms with Gasteiger partial charge < -0.3 is 15.2 Å². The number of hydrogen-bond acceptors (Lipinski definition) is 3. The van der Waals surface area contributed by atoms with Gasteiger partial charge in [0.1, 0.15) is 11.8 Å². The third-order valence-electron chi connectivity index (χ3n) is 2.51. The Morgan fingerprint density at radius 3 is 2.45 bits per heavy atom. The molecular formula is C13H15Cl2NO4. The van der Waals surface area contributed by atoms with Crippen molar-refractivity contribution in [1.29, 1.82) is 0 Å². The number of halogens is 2. The van der Waals surface area contributed by atoms with Crippen LogP contribution in [0.5, 0.6) is 5.75 Å². The lowest BCUT2D eigenvalue weighted by atomic mass is 10.1. The second-order valence-electron chi connectivity index (χ2n) is 4.49. The second kappa shape index (κ2) is 7.36. The maximum absolute atomic E-state index is 11.6. The van der Waals surface area contributed by atoms with E-state index >= 15 is 0 Å². The number of hydrogen-bond donors (Lipinski definition) is 2. The molecule has 1 atom stereocenters. The summed E-state index contributed by atoms with van der Waals surface area (Å²) in [5, 5.41) is 12.0. The molecule has 0 aliphatic heterocycles. The van der Waals surface area contributed by atoms with E-state index in [0.717, 1.165) is 0 Å². The van der Waals surface area contributed by atoms with Gasteiger partial charge in [0.2, 0.25) is 0 Å². The lowest BCUT2D eigenvalue weighted by Crippen LogP contribution is -2.46. The molecule has 1 aromatic rings. The number of carbonyl (C=O) groups excluding carboxylic acids is 1. The van der Waals surface area contributed by atoms with Gasteiger partial charge in [-0.05, 0) is 18.1 Å². The first-order valence-corrected chi connectivity index (χ1v) is 6.67. The van der Waals surface area contributed by atoms with Crippen molar-refractivity contribution in [3.05, 3.63) is 28.2 Å². The molecule has 0 aliphatic carbocycles. The smallest absolute Gasteiger partial charge is 0.326 e.